The Morgan fingerprint density at radius 2 is 2.29 bits per heavy atom. The normalized spacial score (nSPS) is 32.6. The van der Waals surface area contributed by atoms with E-state index in [1.165, 1.54) is 7.11 Å². The lowest BCUT2D eigenvalue weighted by Crippen LogP contribution is -2.44. The van der Waals surface area contributed by atoms with Gasteiger partial charge in [0.1, 0.15) is 0 Å². The van der Waals surface area contributed by atoms with Crippen molar-refractivity contribution in [3.8, 4) is 0 Å². The number of hydrogen-bond donors (Lipinski definition) is 1. The molecule has 1 fully saturated rings. The van der Waals surface area contributed by atoms with Gasteiger partial charge < -0.3 is 10.1 Å². The summed E-state index contributed by atoms with van der Waals surface area (Å²) in [4.78, 5) is 11.2. The second kappa shape index (κ2) is 5.35. The lowest BCUT2D eigenvalue weighted by Gasteiger charge is -2.36. The standard InChI is InChI=1S/C11H21NO2/c1-4-10-8(2)12-6-5-9(10)7-11(13)14-3/h8-10,12H,4-7H2,1-3H3/t8-,9-,10+/m1/s1. The zero-order valence-electron chi connectivity index (χ0n) is 9.38. The molecule has 3 nitrogen and oxygen atoms in total. The van der Waals surface area contributed by atoms with Crippen LogP contribution in [0.5, 0.6) is 0 Å². The monoisotopic (exact) mass is 199 g/mol. The van der Waals surface area contributed by atoms with Crippen LogP contribution in [-0.4, -0.2) is 25.7 Å². The van der Waals surface area contributed by atoms with Gasteiger partial charge in [0.05, 0.1) is 7.11 Å². The highest BCUT2D eigenvalue weighted by Gasteiger charge is 2.30. The van der Waals surface area contributed by atoms with Crippen LogP contribution in [-0.2, 0) is 9.53 Å². The molecule has 1 saturated heterocycles. The van der Waals surface area contributed by atoms with Crippen molar-refractivity contribution in [1.82, 2.24) is 5.32 Å². The van der Waals surface area contributed by atoms with Gasteiger partial charge in [-0.1, -0.05) is 13.3 Å². The predicted octanol–water partition coefficient (Wildman–Crippen LogP) is 1.57. The summed E-state index contributed by atoms with van der Waals surface area (Å²) >= 11 is 0. The Balaban J connectivity index is 2.51. The van der Waals surface area contributed by atoms with Crippen molar-refractivity contribution in [3.63, 3.8) is 0 Å². The third-order valence-electron chi connectivity index (χ3n) is 3.36. The molecule has 1 aliphatic rings. The van der Waals surface area contributed by atoms with Gasteiger partial charge in [-0.05, 0) is 31.7 Å². The third kappa shape index (κ3) is 2.71. The van der Waals surface area contributed by atoms with E-state index >= 15 is 0 Å². The summed E-state index contributed by atoms with van der Waals surface area (Å²) in [6, 6.07) is 0.531. The number of esters is 1. The van der Waals surface area contributed by atoms with Crippen molar-refractivity contribution in [2.75, 3.05) is 13.7 Å². The fourth-order valence-electron chi connectivity index (χ4n) is 2.51. The van der Waals surface area contributed by atoms with E-state index in [-0.39, 0.29) is 5.97 Å². The number of nitrogens with one attached hydrogen (secondary N) is 1. The maximum atomic E-state index is 11.2. The summed E-state index contributed by atoms with van der Waals surface area (Å²) < 4.78 is 4.72. The van der Waals surface area contributed by atoms with E-state index in [9.17, 15) is 4.79 Å². The second-order valence-electron chi connectivity index (χ2n) is 4.14. The number of piperidine rings is 1. The number of rotatable bonds is 3. The first kappa shape index (κ1) is 11.5. The lowest BCUT2D eigenvalue weighted by molar-refractivity contribution is -0.142. The molecule has 0 aromatic rings. The molecule has 0 aromatic carbocycles. The van der Waals surface area contributed by atoms with Gasteiger partial charge in [0, 0.05) is 12.5 Å². The largest absolute Gasteiger partial charge is 0.469 e. The summed E-state index contributed by atoms with van der Waals surface area (Å²) in [5.74, 6) is 1.05. The van der Waals surface area contributed by atoms with Crippen molar-refractivity contribution >= 4 is 5.97 Å². The maximum Gasteiger partial charge on any atom is 0.305 e. The Hall–Kier alpha value is -0.570. The molecular weight excluding hydrogens is 178 g/mol. The van der Waals surface area contributed by atoms with Gasteiger partial charge in [-0.25, -0.2) is 0 Å². The highest BCUT2D eigenvalue weighted by molar-refractivity contribution is 5.69. The summed E-state index contributed by atoms with van der Waals surface area (Å²) in [6.45, 7) is 5.43. The quantitative estimate of drug-likeness (QED) is 0.701. The first-order chi connectivity index (χ1) is 6.69. The second-order valence-corrected chi connectivity index (χ2v) is 4.14. The first-order valence-corrected chi connectivity index (χ1v) is 5.49. The van der Waals surface area contributed by atoms with Crippen molar-refractivity contribution < 1.29 is 9.53 Å². The predicted molar refractivity (Wildman–Crippen MR) is 56.0 cm³/mol. The molecule has 3 atom stereocenters. The van der Waals surface area contributed by atoms with Crippen molar-refractivity contribution in [1.29, 1.82) is 0 Å². The van der Waals surface area contributed by atoms with Gasteiger partial charge >= 0.3 is 5.97 Å². The Labute approximate surface area is 86.2 Å². The van der Waals surface area contributed by atoms with Gasteiger partial charge in [0.25, 0.3) is 0 Å². The van der Waals surface area contributed by atoms with Crippen LogP contribution in [0.25, 0.3) is 0 Å². The summed E-state index contributed by atoms with van der Waals surface area (Å²) in [6.07, 6.45) is 2.81. The van der Waals surface area contributed by atoms with Gasteiger partial charge in [0.15, 0.2) is 0 Å². The van der Waals surface area contributed by atoms with Crippen molar-refractivity contribution in [2.24, 2.45) is 11.8 Å². The Kier molecular flexibility index (Phi) is 4.39. The smallest absolute Gasteiger partial charge is 0.305 e. The first-order valence-electron chi connectivity index (χ1n) is 5.49. The molecule has 82 valence electrons. The molecular formula is C11H21NO2. The number of ether oxygens (including phenoxy) is 1. The minimum Gasteiger partial charge on any atom is -0.469 e. The SMILES string of the molecule is CC[C@@H]1[C@@H](CC(=O)OC)CCN[C@@H]1C. The molecule has 1 heterocycles. The average molecular weight is 199 g/mol. The third-order valence-corrected chi connectivity index (χ3v) is 3.36. The highest BCUT2D eigenvalue weighted by atomic mass is 16.5. The fourth-order valence-corrected chi connectivity index (χ4v) is 2.51. The van der Waals surface area contributed by atoms with Crippen molar-refractivity contribution in [3.05, 3.63) is 0 Å². The molecule has 1 aliphatic heterocycles. The van der Waals surface area contributed by atoms with Crippen LogP contribution in [0.1, 0.15) is 33.1 Å². The number of carbonyl (C=O) groups excluding carboxylic acids is 1. The van der Waals surface area contributed by atoms with E-state index in [4.69, 9.17) is 4.74 Å². The van der Waals surface area contributed by atoms with Crippen LogP contribution in [0.3, 0.4) is 0 Å². The lowest BCUT2D eigenvalue weighted by atomic mass is 9.78. The Bertz CT molecular complexity index is 194. The Morgan fingerprint density at radius 3 is 2.86 bits per heavy atom. The van der Waals surface area contributed by atoms with Crippen LogP contribution in [0.15, 0.2) is 0 Å². The molecule has 0 spiro atoms. The molecule has 0 aromatic heterocycles. The topological polar surface area (TPSA) is 38.3 Å². The molecule has 1 rings (SSSR count). The van der Waals surface area contributed by atoms with E-state index in [2.05, 4.69) is 19.2 Å². The summed E-state index contributed by atoms with van der Waals surface area (Å²) in [5, 5.41) is 3.45. The molecule has 0 aliphatic carbocycles. The summed E-state index contributed by atoms with van der Waals surface area (Å²) in [7, 11) is 1.47. The zero-order valence-corrected chi connectivity index (χ0v) is 9.38. The van der Waals surface area contributed by atoms with Gasteiger partial charge in [0.2, 0.25) is 0 Å². The van der Waals surface area contributed by atoms with Gasteiger partial charge in [-0.2, -0.15) is 0 Å². The van der Waals surface area contributed by atoms with Crippen LogP contribution in [0, 0.1) is 11.8 Å². The molecule has 0 amide bonds. The van der Waals surface area contributed by atoms with Gasteiger partial charge in [-0.15, -0.1) is 0 Å². The molecule has 1 N–H and O–H groups in total. The average Bonchev–Trinajstić information content (AvgIpc) is 2.18. The number of methoxy groups -OCH3 is 1. The van der Waals surface area contributed by atoms with Gasteiger partial charge in [-0.3, -0.25) is 4.79 Å². The molecule has 0 unspecified atom stereocenters. The Morgan fingerprint density at radius 1 is 1.57 bits per heavy atom. The van der Waals surface area contributed by atoms with E-state index in [0.29, 0.717) is 24.3 Å². The van der Waals surface area contributed by atoms with E-state index in [0.717, 1.165) is 19.4 Å². The minimum absolute atomic E-state index is 0.0671. The maximum absolute atomic E-state index is 11.2. The number of carbonyl (C=O) groups is 1. The van der Waals surface area contributed by atoms with Crippen LogP contribution in [0.4, 0.5) is 0 Å². The highest BCUT2D eigenvalue weighted by Crippen LogP contribution is 2.29. The van der Waals surface area contributed by atoms with Crippen molar-refractivity contribution in [2.45, 2.75) is 39.2 Å². The van der Waals surface area contributed by atoms with Crippen LogP contribution in [0.2, 0.25) is 0 Å². The van der Waals surface area contributed by atoms with Crippen LogP contribution >= 0.6 is 0 Å². The fraction of sp³-hybridized carbons (Fsp3) is 0.909. The molecule has 0 radical (unpaired) electrons. The summed E-state index contributed by atoms with van der Waals surface area (Å²) in [5.41, 5.74) is 0. The zero-order chi connectivity index (χ0) is 10.6. The minimum atomic E-state index is -0.0671. The molecule has 14 heavy (non-hydrogen) atoms. The molecule has 0 bridgehead atoms. The van der Waals surface area contributed by atoms with Crippen LogP contribution < -0.4 is 5.32 Å². The number of hydrogen-bond acceptors (Lipinski definition) is 3. The van der Waals surface area contributed by atoms with E-state index in [1.807, 2.05) is 0 Å². The van der Waals surface area contributed by atoms with E-state index < -0.39 is 0 Å². The molecule has 3 heteroatoms. The molecule has 0 saturated carbocycles. The van der Waals surface area contributed by atoms with E-state index in [1.54, 1.807) is 0 Å².